The summed E-state index contributed by atoms with van der Waals surface area (Å²) in [5, 5.41) is 8.91. The molecule has 0 aromatic heterocycles. The Hall–Kier alpha value is -1.59. The van der Waals surface area contributed by atoms with Crippen LogP contribution in [-0.4, -0.2) is 53.7 Å². The molecule has 2 rings (SSSR count). The largest absolute Gasteiger partial charge is 0.465 e. The van der Waals surface area contributed by atoms with Crippen LogP contribution in [0.1, 0.15) is 30.5 Å². The highest BCUT2D eigenvalue weighted by molar-refractivity contribution is 5.65. The molecule has 1 aromatic rings. The van der Waals surface area contributed by atoms with Crippen molar-refractivity contribution in [2.45, 2.75) is 25.8 Å². The maximum Gasteiger partial charge on any atom is 0.407 e. The third-order valence-electron chi connectivity index (χ3n) is 4.09. The second-order valence-electron chi connectivity index (χ2n) is 5.75. The molecule has 1 aliphatic heterocycles. The zero-order chi connectivity index (χ0) is 15.2. The first-order valence-corrected chi connectivity index (χ1v) is 7.61. The SMILES string of the molecule is C[C@H](N)c1ccc(CCCN2CCN(C(=O)O)CC2)cc1. The summed E-state index contributed by atoms with van der Waals surface area (Å²) in [4.78, 5) is 14.7. The summed E-state index contributed by atoms with van der Waals surface area (Å²) >= 11 is 0. The van der Waals surface area contributed by atoms with E-state index >= 15 is 0 Å². The number of carboxylic acid groups (broad SMARTS) is 1. The lowest BCUT2D eigenvalue weighted by Gasteiger charge is -2.33. The molecule has 21 heavy (non-hydrogen) atoms. The molecule has 0 bridgehead atoms. The lowest BCUT2D eigenvalue weighted by Crippen LogP contribution is -2.48. The molecule has 116 valence electrons. The Morgan fingerprint density at radius 1 is 1.24 bits per heavy atom. The van der Waals surface area contributed by atoms with Crippen LogP contribution in [0.15, 0.2) is 24.3 Å². The molecule has 0 aliphatic carbocycles. The Bertz CT molecular complexity index is 451. The smallest absolute Gasteiger partial charge is 0.407 e. The zero-order valence-corrected chi connectivity index (χ0v) is 12.7. The molecule has 0 saturated carbocycles. The number of rotatable bonds is 5. The van der Waals surface area contributed by atoms with E-state index < -0.39 is 6.09 Å². The Labute approximate surface area is 126 Å². The number of nitrogens with zero attached hydrogens (tertiary/aromatic N) is 2. The van der Waals surface area contributed by atoms with Crippen LogP contribution in [0.3, 0.4) is 0 Å². The van der Waals surface area contributed by atoms with E-state index in [1.807, 2.05) is 6.92 Å². The summed E-state index contributed by atoms with van der Waals surface area (Å²) < 4.78 is 0. The molecular formula is C16H25N3O2. The molecule has 5 heteroatoms. The number of hydrogen-bond acceptors (Lipinski definition) is 3. The van der Waals surface area contributed by atoms with E-state index in [2.05, 4.69) is 29.2 Å². The van der Waals surface area contributed by atoms with Gasteiger partial charge >= 0.3 is 6.09 Å². The Kier molecular flexibility index (Phi) is 5.59. The van der Waals surface area contributed by atoms with Gasteiger partial charge in [0.1, 0.15) is 0 Å². The zero-order valence-electron chi connectivity index (χ0n) is 12.7. The van der Waals surface area contributed by atoms with E-state index in [1.54, 1.807) is 0 Å². The monoisotopic (exact) mass is 291 g/mol. The third-order valence-corrected chi connectivity index (χ3v) is 4.09. The van der Waals surface area contributed by atoms with Crippen LogP contribution >= 0.6 is 0 Å². The van der Waals surface area contributed by atoms with Gasteiger partial charge in [0.05, 0.1) is 0 Å². The van der Waals surface area contributed by atoms with E-state index in [0.717, 1.165) is 32.5 Å². The first-order chi connectivity index (χ1) is 10.1. The van der Waals surface area contributed by atoms with Crippen molar-refractivity contribution in [3.05, 3.63) is 35.4 Å². The summed E-state index contributed by atoms with van der Waals surface area (Å²) in [7, 11) is 0. The van der Waals surface area contributed by atoms with Gasteiger partial charge in [0.15, 0.2) is 0 Å². The van der Waals surface area contributed by atoms with Crippen molar-refractivity contribution in [3.8, 4) is 0 Å². The van der Waals surface area contributed by atoms with Crippen molar-refractivity contribution in [3.63, 3.8) is 0 Å². The molecule has 1 fully saturated rings. The Morgan fingerprint density at radius 2 is 1.86 bits per heavy atom. The molecule has 1 heterocycles. The highest BCUT2D eigenvalue weighted by Gasteiger charge is 2.19. The quantitative estimate of drug-likeness (QED) is 0.870. The van der Waals surface area contributed by atoms with Gasteiger partial charge in [-0.2, -0.15) is 0 Å². The van der Waals surface area contributed by atoms with E-state index in [1.165, 1.54) is 16.0 Å². The molecule has 1 aliphatic rings. The van der Waals surface area contributed by atoms with Crippen LogP contribution in [-0.2, 0) is 6.42 Å². The van der Waals surface area contributed by atoms with Crippen LogP contribution in [0.2, 0.25) is 0 Å². The number of aryl methyl sites for hydroxylation is 1. The first kappa shape index (κ1) is 15.8. The first-order valence-electron chi connectivity index (χ1n) is 7.61. The minimum Gasteiger partial charge on any atom is -0.465 e. The van der Waals surface area contributed by atoms with Gasteiger partial charge in [-0.25, -0.2) is 4.79 Å². The van der Waals surface area contributed by atoms with Crippen molar-refractivity contribution in [1.82, 2.24) is 9.80 Å². The second kappa shape index (κ2) is 7.43. The van der Waals surface area contributed by atoms with Gasteiger partial charge in [0, 0.05) is 32.2 Å². The standard InChI is InChI=1S/C16H25N3O2/c1-13(17)15-6-4-14(5-7-15)3-2-8-18-9-11-19(12-10-18)16(20)21/h4-7,13H,2-3,8-12,17H2,1H3,(H,20,21)/t13-/m0/s1. The van der Waals surface area contributed by atoms with Gasteiger partial charge in [-0.3, -0.25) is 4.90 Å². The van der Waals surface area contributed by atoms with Crippen LogP contribution in [0, 0.1) is 0 Å². The van der Waals surface area contributed by atoms with Gasteiger partial charge in [-0.1, -0.05) is 24.3 Å². The van der Waals surface area contributed by atoms with Crippen LogP contribution in [0.25, 0.3) is 0 Å². The second-order valence-corrected chi connectivity index (χ2v) is 5.75. The fourth-order valence-electron chi connectivity index (χ4n) is 2.66. The van der Waals surface area contributed by atoms with Crippen molar-refractivity contribution < 1.29 is 9.90 Å². The Morgan fingerprint density at radius 3 is 2.38 bits per heavy atom. The van der Waals surface area contributed by atoms with Gasteiger partial charge in [-0.05, 0) is 37.4 Å². The fraction of sp³-hybridized carbons (Fsp3) is 0.562. The summed E-state index contributed by atoms with van der Waals surface area (Å²) in [5.41, 5.74) is 8.35. The number of amides is 1. The molecule has 1 atom stereocenters. The highest BCUT2D eigenvalue weighted by Crippen LogP contribution is 2.12. The number of carbonyl (C=O) groups is 1. The van der Waals surface area contributed by atoms with E-state index in [4.69, 9.17) is 10.8 Å². The lowest BCUT2D eigenvalue weighted by molar-refractivity contribution is 0.105. The molecule has 1 saturated heterocycles. The normalized spacial score (nSPS) is 17.7. The number of benzene rings is 1. The van der Waals surface area contributed by atoms with Gasteiger partial charge < -0.3 is 15.7 Å². The average Bonchev–Trinajstić information content (AvgIpc) is 2.48. The topological polar surface area (TPSA) is 69.8 Å². The van der Waals surface area contributed by atoms with Gasteiger partial charge in [0.2, 0.25) is 0 Å². The average molecular weight is 291 g/mol. The van der Waals surface area contributed by atoms with E-state index in [9.17, 15) is 4.79 Å². The molecule has 0 spiro atoms. The predicted octanol–water partition coefficient (Wildman–Crippen LogP) is 1.93. The van der Waals surface area contributed by atoms with Crippen LogP contribution in [0.5, 0.6) is 0 Å². The lowest BCUT2D eigenvalue weighted by atomic mass is 10.0. The third kappa shape index (κ3) is 4.72. The minimum absolute atomic E-state index is 0.0876. The van der Waals surface area contributed by atoms with E-state index in [-0.39, 0.29) is 6.04 Å². The molecule has 5 nitrogen and oxygen atoms in total. The number of piperazine rings is 1. The molecule has 3 N–H and O–H groups in total. The summed E-state index contributed by atoms with van der Waals surface area (Å²) in [6, 6.07) is 8.60. The van der Waals surface area contributed by atoms with E-state index in [0.29, 0.717) is 13.1 Å². The number of nitrogens with two attached hydrogens (primary N) is 1. The van der Waals surface area contributed by atoms with Crippen molar-refractivity contribution >= 4 is 6.09 Å². The van der Waals surface area contributed by atoms with Gasteiger partial charge in [-0.15, -0.1) is 0 Å². The highest BCUT2D eigenvalue weighted by atomic mass is 16.4. The molecule has 0 unspecified atom stereocenters. The van der Waals surface area contributed by atoms with Crippen LogP contribution < -0.4 is 5.73 Å². The maximum absolute atomic E-state index is 10.8. The molecular weight excluding hydrogens is 266 g/mol. The number of hydrogen-bond donors (Lipinski definition) is 2. The summed E-state index contributed by atoms with van der Waals surface area (Å²) in [5.74, 6) is 0. The Balaban J connectivity index is 1.69. The summed E-state index contributed by atoms with van der Waals surface area (Å²) in [6.07, 6.45) is 1.35. The van der Waals surface area contributed by atoms with Crippen molar-refractivity contribution in [1.29, 1.82) is 0 Å². The van der Waals surface area contributed by atoms with Gasteiger partial charge in [0.25, 0.3) is 0 Å². The maximum atomic E-state index is 10.8. The molecule has 1 amide bonds. The fourth-order valence-corrected chi connectivity index (χ4v) is 2.66. The minimum atomic E-state index is -0.802. The molecule has 0 radical (unpaired) electrons. The van der Waals surface area contributed by atoms with Crippen molar-refractivity contribution in [2.24, 2.45) is 5.73 Å². The molecule has 1 aromatic carbocycles. The van der Waals surface area contributed by atoms with Crippen molar-refractivity contribution in [2.75, 3.05) is 32.7 Å². The van der Waals surface area contributed by atoms with Crippen LogP contribution in [0.4, 0.5) is 4.79 Å². The summed E-state index contributed by atoms with van der Waals surface area (Å²) in [6.45, 7) is 5.96. The predicted molar refractivity (Wildman–Crippen MR) is 83.4 cm³/mol.